The lowest BCUT2D eigenvalue weighted by atomic mass is 10.2. The number of amides is 1. The van der Waals surface area contributed by atoms with Crippen LogP contribution in [0.15, 0.2) is 30.3 Å². The summed E-state index contributed by atoms with van der Waals surface area (Å²) in [7, 11) is 1.59. The predicted molar refractivity (Wildman–Crippen MR) is 70.9 cm³/mol. The number of halogens is 1. The Morgan fingerprint density at radius 1 is 1.44 bits per heavy atom. The Hall–Kier alpha value is -1.81. The van der Waals surface area contributed by atoms with Crippen molar-refractivity contribution in [2.45, 2.75) is 13.5 Å². The van der Waals surface area contributed by atoms with Gasteiger partial charge in [-0.1, -0.05) is 23.7 Å². The summed E-state index contributed by atoms with van der Waals surface area (Å²) in [5.41, 5.74) is 2.42. The minimum absolute atomic E-state index is 0.178. The molecule has 0 aliphatic carbocycles. The summed E-state index contributed by atoms with van der Waals surface area (Å²) in [6.07, 6.45) is 0. The average molecular weight is 264 g/mol. The summed E-state index contributed by atoms with van der Waals surface area (Å²) in [6.45, 7) is 2.52. The van der Waals surface area contributed by atoms with E-state index in [1.807, 2.05) is 31.2 Å². The van der Waals surface area contributed by atoms with E-state index in [9.17, 15) is 4.79 Å². The van der Waals surface area contributed by atoms with Gasteiger partial charge in [-0.2, -0.15) is 5.10 Å². The fraction of sp³-hybridized carbons (Fsp3) is 0.231. The first-order chi connectivity index (χ1) is 8.60. The van der Waals surface area contributed by atoms with Crippen LogP contribution in [-0.4, -0.2) is 22.7 Å². The summed E-state index contributed by atoms with van der Waals surface area (Å²) in [4.78, 5) is 11.5. The zero-order valence-electron chi connectivity index (χ0n) is 10.3. The highest BCUT2D eigenvalue weighted by atomic mass is 35.5. The maximum Gasteiger partial charge on any atom is 0.271 e. The van der Waals surface area contributed by atoms with Crippen molar-refractivity contribution in [3.05, 3.63) is 52.3 Å². The molecule has 1 aromatic carbocycles. The Morgan fingerprint density at radius 3 is 2.89 bits per heavy atom. The van der Waals surface area contributed by atoms with Crippen molar-refractivity contribution >= 4 is 17.5 Å². The highest BCUT2D eigenvalue weighted by molar-refractivity contribution is 6.30. The van der Waals surface area contributed by atoms with Gasteiger partial charge < -0.3 is 5.32 Å². The van der Waals surface area contributed by atoms with Gasteiger partial charge in [-0.05, 0) is 30.7 Å². The molecule has 4 nitrogen and oxygen atoms in total. The third-order valence-corrected chi connectivity index (χ3v) is 2.90. The van der Waals surface area contributed by atoms with Crippen molar-refractivity contribution in [2.24, 2.45) is 0 Å². The first-order valence-electron chi connectivity index (χ1n) is 5.61. The maximum absolute atomic E-state index is 11.5. The van der Waals surface area contributed by atoms with Crippen molar-refractivity contribution in [1.29, 1.82) is 0 Å². The Morgan fingerprint density at radius 2 is 2.22 bits per heavy atom. The summed E-state index contributed by atoms with van der Waals surface area (Å²) in [5.74, 6) is -0.178. The smallest absolute Gasteiger partial charge is 0.271 e. The number of rotatable bonds is 3. The Balaban J connectivity index is 2.24. The average Bonchev–Trinajstić information content (AvgIpc) is 2.70. The minimum atomic E-state index is -0.178. The van der Waals surface area contributed by atoms with E-state index in [0.717, 1.165) is 11.3 Å². The number of carbonyl (C=O) groups is 1. The summed E-state index contributed by atoms with van der Waals surface area (Å²) < 4.78 is 1.79. The van der Waals surface area contributed by atoms with Gasteiger partial charge >= 0.3 is 0 Å². The van der Waals surface area contributed by atoms with E-state index in [1.165, 1.54) is 0 Å². The number of aryl methyl sites for hydroxylation is 1. The van der Waals surface area contributed by atoms with Gasteiger partial charge in [0.2, 0.25) is 0 Å². The predicted octanol–water partition coefficient (Wildman–Crippen LogP) is 2.25. The van der Waals surface area contributed by atoms with Crippen LogP contribution >= 0.6 is 11.6 Å². The van der Waals surface area contributed by atoms with Crippen molar-refractivity contribution in [2.75, 3.05) is 7.05 Å². The van der Waals surface area contributed by atoms with Crippen LogP contribution in [0.2, 0.25) is 5.02 Å². The molecule has 5 heteroatoms. The molecule has 18 heavy (non-hydrogen) atoms. The summed E-state index contributed by atoms with van der Waals surface area (Å²) >= 11 is 5.94. The molecule has 0 aliphatic heterocycles. The summed E-state index contributed by atoms with van der Waals surface area (Å²) in [5, 5.41) is 7.52. The molecule has 1 amide bonds. The quantitative estimate of drug-likeness (QED) is 0.923. The highest BCUT2D eigenvalue weighted by Gasteiger charge is 2.10. The number of nitrogens with zero attached hydrogens (tertiary/aromatic N) is 2. The third kappa shape index (κ3) is 2.71. The number of aromatic nitrogens is 2. The van der Waals surface area contributed by atoms with E-state index in [1.54, 1.807) is 17.8 Å². The van der Waals surface area contributed by atoms with Crippen LogP contribution in [0.25, 0.3) is 0 Å². The maximum atomic E-state index is 11.5. The molecule has 1 aromatic heterocycles. The number of nitrogens with one attached hydrogen (secondary N) is 1. The van der Waals surface area contributed by atoms with Gasteiger partial charge in [0.25, 0.3) is 5.91 Å². The largest absolute Gasteiger partial charge is 0.354 e. The van der Waals surface area contributed by atoms with Gasteiger partial charge in [0.1, 0.15) is 5.69 Å². The Bertz CT molecular complexity index is 577. The topological polar surface area (TPSA) is 46.9 Å². The van der Waals surface area contributed by atoms with Gasteiger partial charge in [-0.15, -0.1) is 0 Å². The van der Waals surface area contributed by atoms with Gasteiger partial charge in [-0.3, -0.25) is 9.48 Å². The number of hydrogen-bond acceptors (Lipinski definition) is 2. The van der Waals surface area contributed by atoms with E-state index < -0.39 is 0 Å². The molecule has 0 fully saturated rings. The Kier molecular flexibility index (Phi) is 3.67. The van der Waals surface area contributed by atoms with Gasteiger partial charge in [0, 0.05) is 17.8 Å². The van der Waals surface area contributed by atoms with Crippen molar-refractivity contribution < 1.29 is 4.79 Å². The Labute approximate surface area is 111 Å². The first-order valence-corrected chi connectivity index (χ1v) is 5.99. The second-order valence-corrected chi connectivity index (χ2v) is 4.47. The van der Waals surface area contributed by atoms with Crippen LogP contribution in [0.1, 0.15) is 21.7 Å². The molecule has 0 spiro atoms. The minimum Gasteiger partial charge on any atom is -0.354 e. The number of carbonyl (C=O) groups excluding carboxylic acids is 1. The van der Waals surface area contributed by atoms with E-state index in [-0.39, 0.29) is 5.91 Å². The first kappa shape index (κ1) is 12.6. The molecule has 94 valence electrons. The van der Waals surface area contributed by atoms with Crippen LogP contribution in [-0.2, 0) is 6.54 Å². The van der Waals surface area contributed by atoms with Gasteiger partial charge in [-0.25, -0.2) is 0 Å². The normalized spacial score (nSPS) is 10.4. The fourth-order valence-electron chi connectivity index (χ4n) is 1.72. The summed E-state index contributed by atoms with van der Waals surface area (Å²) in [6, 6.07) is 9.37. The van der Waals surface area contributed by atoms with Crippen molar-refractivity contribution in [3.63, 3.8) is 0 Å². The molecular formula is C13H14ClN3O. The number of hydrogen-bond donors (Lipinski definition) is 1. The second kappa shape index (κ2) is 5.23. The SMILES string of the molecule is CNC(=O)c1cc(C)n(Cc2cccc(Cl)c2)n1. The molecule has 2 rings (SSSR count). The second-order valence-electron chi connectivity index (χ2n) is 4.04. The molecule has 0 unspecified atom stereocenters. The third-order valence-electron chi connectivity index (χ3n) is 2.66. The standard InChI is InChI=1S/C13H14ClN3O/c1-9-6-12(13(18)15-2)16-17(9)8-10-4-3-5-11(14)7-10/h3-7H,8H2,1-2H3,(H,15,18). The monoisotopic (exact) mass is 263 g/mol. The van der Waals surface area contributed by atoms with Crippen molar-refractivity contribution in [1.82, 2.24) is 15.1 Å². The van der Waals surface area contributed by atoms with E-state index >= 15 is 0 Å². The van der Waals surface area contributed by atoms with E-state index in [4.69, 9.17) is 11.6 Å². The van der Waals surface area contributed by atoms with E-state index in [2.05, 4.69) is 10.4 Å². The lowest BCUT2D eigenvalue weighted by molar-refractivity contribution is 0.0957. The van der Waals surface area contributed by atoms with Crippen molar-refractivity contribution in [3.8, 4) is 0 Å². The van der Waals surface area contributed by atoms with Crippen LogP contribution in [0, 0.1) is 6.92 Å². The van der Waals surface area contributed by atoms with Crippen LogP contribution in [0.5, 0.6) is 0 Å². The van der Waals surface area contributed by atoms with Crippen LogP contribution < -0.4 is 5.32 Å². The zero-order valence-corrected chi connectivity index (χ0v) is 11.0. The molecule has 1 N–H and O–H groups in total. The van der Waals surface area contributed by atoms with Crippen LogP contribution in [0.3, 0.4) is 0 Å². The molecule has 0 bridgehead atoms. The molecular weight excluding hydrogens is 250 g/mol. The van der Waals surface area contributed by atoms with E-state index in [0.29, 0.717) is 17.3 Å². The molecule has 2 aromatic rings. The fourth-order valence-corrected chi connectivity index (χ4v) is 1.93. The van der Waals surface area contributed by atoms with Gasteiger partial charge in [0.15, 0.2) is 0 Å². The lowest BCUT2D eigenvalue weighted by Crippen LogP contribution is -2.18. The molecule has 0 radical (unpaired) electrons. The highest BCUT2D eigenvalue weighted by Crippen LogP contribution is 2.13. The molecule has 0 atom stereocenters. The molecule has 1 heterocycles. The number of benzene rings is 1. The molecule has 0 aliphatic rings. The molecule has 0 saturated heterocycles. The zero-order chi connectivity index (χ0) is 13.1. The van der Waals surface area contributed by atoms with Crippen LogP contribution in [0.4, 0.5) is 0 Å². The molecule has 0 saturated carbocycles. The lowest BCUT2D eigenvalue weighted by Gasteiger charge is -2.04. The van der Waals surface area contributed by atoms with Gasteiger partial charge in [0.05, 0.1) is 6.54 Å².